The minimum atomic E-state index is -0.627. The maximum Gasteiger partial charge on any atom is 0.254 e. The van der Waals surface area contributed by atoms with Crippen molar-refractivity contribution in [2.45, 2.75) is 32.2 Å². The Morgan fingerprint density at radius 3 is 2.77 bits per heavy atom. The molecule has 1 atom stereocenters. The minimum Gasteiger partial charge on any atom is -0.342 e. The maximum absolute atomic E-state index is 13.6. The third-order valence-corrected chi connectivity index (χ3v) is 4.28. The van der Waals surface area contributed by atoms with Gasteiger partial charge in [0.15, 0.2) is 0 Å². The predicted molar refractivity (Wildman–Crippen MR) is 83.4 cm³/mol. The van der Waals surface area contributed by atoms with Gasteiger partial charge in [-0.1, -0.05) is 31.4 Å². The second kappa shape index (κ2) is 7.09. The van der Waals surface area contributed by atoms with E-state index in [1.807, 2.05) is 6.92 Å². The summed E-state index contributed by atoms with van der Waals surface area (Å²) in [5.74, 6) is -1.00. The molecule has 1 aromatic carbocycles. The van der Waals surface area contributed by atoms with Crippen LogP contribution >= 0.6 is 11.6 Å². The average molecular weight is 327 g/mol. The Balaban J connectivity index is 2.24. The zero-order valence-electron chi connectivity index (χ0n) is 12.8. The highest BCUT2D eigenvalue weighted by Gasteiger charge is 2.35. The van der Waals surface area contributed by atoms with Crippen LogP contribution in [-0.2, 0) is 4.79 Å². The van der Waals surface area contributed by atoms with Crippen molar-refractivity contribution in [2.24, 2.45) is 0 Å². The fourth-order valence-corrected chi connectivity index (χ4v) is 2.74. The number of halogens is 2. The number of carbonyl (C=O) groups is 2. The molecule has 0 bridgehead atoms. The molecular weight excluding hydrogens is 307 g/mol. The average Bonchev–Trinajstić information content (AvgIpc) is 2.50. The molecule has 0 spiro atoms. The number of nitrogens with zero attached hydrogens (tertiary/aromatic N) is 2. The van der Waals surface area contributed by atoms with Crippen LogP contribution < -0.4 is 0 Å². The number of piperazine rings is 1. The highest BCUT2D eigenvalue weighted by Crippen LogP contribution is 2.21. The Labute approximate surface area is 134 Å². The Morgan fingerprint density at radius 2 is 2.14 bits per heavy atom. The first-order valence-corrected chi connectivity index (χ1v) is 7.84. The van der Waals surface area contributed by atoms with Crippen molar-refractivity contribution in [1.82, 2.24) is 9.80 Å². The van der Waals surface area contributed by atoms with Gasteiger partial charge in [-0.25, -0.2) is 4.39 Å². The molecular formula is C16H20ClFN2O2. The van der Waals surface area contributed by atoms with E-state index in [0.29, 0.717) is 19.5 Å². The zero-order chi connectivity index (χ0) is 16.3. The Bertz CT molecular complexity index is 579. The molecule has 1 aromatic rings. The monoisotopic (exact) mass is 326 g/mol. The largest absolute Gasteiger partial charge is 0.342 e. The van der Waals surface area contributed by atoms with Gasteiger partial charge in [-0.15, -0.1) is 0 Å². The number of likely N-dealkylation sites (N-methyl/N-ethyl adjacent to an activating group) is 1. The second-order valence-corrected chi connectivity index (χ2v) is 5.95. The molecule has 0 N–H and O–H groups in total. The number of amides is 2. The third-order valence-electron chi connectivity index (χ3n) is 3.97. The normalized spacial score (nSPS) is 18.7. The third kappa shape index (κ3) is 3.40. The summed E-state index contributed by atoms with van der Waals surface area (Å²) < 4.78 is 13.6. The van der Waals surface area contributed by atoms with Gasteiger partial charge in [0, 0.05) is 25.7 Å². The summed E-state index contributed by atoms with van der Waals surface area (Å²) in [6, 6.07) is 3.52. The van der Waals surface area contributed by atoms with Crippen molar-refractivity contribution in [3.05, 3.63) is 34.6 Å². The maximum atomic E-state index is 13.6. The first-order valence-electron chi connectivity index (χ1n) is 7.46. The van der Waals surface area contributed by atoms with Crippen LogP contribution in [0.15, 0.2) is 18.2 Å². The van der Waals surface area contributed by atoms with E-state index in [1.54, 1.807) is 16.8 Å². The van der Waals surface area contributed by atoms with Crippen molar-refractivity contribution in [3.8, 4) is 0 Å². The number of benzene rings is 1. The molecule has 120 valence electrons. The Hall–Kier alpha value is -1.62. The van der Waals surface area contributed by atoms with E-state index in [2.05, 4.69) is 0 Å². The summed E-state index contributed by atoms with van der Waals surface area (Å²) in [5.41, 5.74) is 0.223. The summed E-state index contributed by atoms with van der Waals surface area (Å²) in [5, 5.41) is -0.0199. The van der Waals surface area contributed by atoms with Crippen molar-refractivity contribution >= 4 is 23.4 Å². The SMILES string of the molecule is CCCCC1C(=O)N(C)CCN1C(=O)c1ccc(Cl)c(F)c1. The van der Waals surface area contributed by atoms with Gasteiger partial charge in [-0.05, 0) is 24.6 Å². The topological polar surface area (TPSA) is 40.6 Å². The van der Waals surface area contributed by atoms with Crippen LogP contribution in [0.25, 0.3) is 0 Å². The van der Waals surface area contributed by atoms with E-state index in [-0.39, 0.29) is 22.4 Å². The molecule has 0 radical (unpaired) electrons. The van der Waals surface area contributed by atoms with E-state index in [4.69, 9.17) is 11.6 Å². The van der Waals surface area contributed by atoms with Crippen LogP contribution in [0.4, 0.5) is 4.39 Å². The second-order valence-electron chi connectivity index (χ2n) is 5.55. The van der Waals surface area contributed by atoms with Crippen LogP contribution in [0.2, 0.25) is 5.02 Å². The molecule has 0 saturated carbocycles. The molecule has 1 aliphatic heterocycles. The van der Waals surface area contributed by atoms with Gasteiger partial charge in [-0.3, -0.25) is 9.59 Å². The molecule has 0 aromatic heterocycles. The van der Waals surface area contributed by atoms with E-state index < -0.39 is 11.9 Å². The standard InChI is InChI=1S/C16H20ClFN2O2/c1-3-4-5-14-16(22)19(2)8-9-20(14)15(21)11-6-7-12(17)13(18)10-11/h6-7,10,14H,3-5,8-9H2,1-2H3. The molecule has 1 saturated heterocycles. The predicted octanol–water partition coefficient (Wildman–Crippen LogP) is 2.95. The van der Waals surface area contributed by atoms with Crippen molar-refractivity contribution < 1.29 is 14.0 Å². The number of unbranched alkanes of at least 4 members (excludes halogenated alkanes) is 1. The quantitative estimate of drug-likeness (QED) is 0.853. The van der Waals surface area contributed by atoms with Crippen molar-refractivity contribution in [2.75, 3.05) is 20.1 Å². The molecule has 4 nitrogen and oxygen atoms in total. The zero-order valence-corrected chi connectivity index (χ0v) is 13.6. The lowest BCUT2D eigenvalue weighted by Crippen LogP contribution is -2.57. The molecule has 1 aliphatic rings. The lowest BCUT2D eigenvalue weighted by molar-refractivity contribution is -0.138. The van der Waals surface area contributed by atoms with E-state index in [1.165, 1.54) is 12.1 Å². The van der Waals surface area contributed by atoms with Gasteiger partial charge in [-0.2, -0.15) is 0 Å². The van der Waals surface area contributed by atoms with Crippen molar-refractivity contribution in [1.29, 1.82) is 0 Å². The summed E-state index contributed by atoms with van der Waals surface area (Å²) in [6.45, 7) is 2.99. The fourth-order valence-electron chi connectivity index (χ4n) is 2.63. The summed E-state index contributed by atoms with van der Waals surface area (Å²) in [7, 11) is 1.74. The van der Waals surface area contributed by atoms with Crippen LogP contribution in [0.1, 0.15) is 36.5 Å². The lowest BCUT2D eigenvalue weighted by atomic mass is 10.0. The highest BCUT2D eigenvalue weighted by atomic mass is 35.5. The summed E-state index contributed by atoms with van der Waals surface area (Å²) >= 11 is 5.65. The van der Waals surface area contributed by atoms with Gasteiger partial charge in [0.25, 0.3) is 5.91 Å². The summed E-state index contributed by atoms with van der Waals surface area (Å²) in [6.07, 6.45) is 2.44. The molecule has 1 unspecified atom stereocenters. The van der Waals surface area contributed by atoms with Gasteiger partial charge >= 0.3 is 0 Å². The number of hydrogen-bond acceptors (Lipinski definition) is 2. The Kier molecular flexibility index (Phi) is 5.40. The lowest BCUT2D eigenvalue weighted by Gasteiger charge is -2.39. The molecule has 2 amide bonds. The number of rotatable bonds is 4. The smallest absolute Gasteiger partial charge is 0.254 e. The molecule has 6 heteroatoms. The molecule has 2 rings (SSSR count). The van der Waals surface area contributed by atoms with Gasteiger partial charge < -0.3 is 9.80 Å². The molecule has 1 heterocycles. The van der Waals surface area contributed by atoms with Gasteiger partial charge in [0.2, 0.25) is 5.91 Å². The molecule has 22 heavy (non-hydrogen) atoms. The summed E-state index contributed by atoms with van der Waals surface area (Å²) in [4.78, 5) is 28.2. The minimum absolute atomic E-state index is 0.0199. The van der Waals surface area contributed by atoms with Crippen LogP contribution in [0.3, 0.4) is 0 Å². The Morgan fingerprint density at radius 1 is 1.41 bits per heavy atom. The first-order chi connectivity index (χ1) is 10.5. The van der Waals surface area contributed by atoms with E-state index in [9.17, 15) is 14.0 Å². The number of hydrogen-bond donors (Lipinski definition) is 0. The van der Waals surface area contributed by atoms with E-state index in [0.717, 1.165) is 18.9 Å². The van der Waals surface area contributed by atoms with Gasteiger partial charge in [0.1, 0.15) is 11.9 Å². The number of carbonyl (C=O) groups excluding carboxylic acids is 2. The fraction of sp³-hybridized carbons (Fsp3) is 0.500. The molecule has 1 fully saturated rings. The van der Waals surface area contributed by atoms with Crippen molar-refractivity contribution in [3.63, 3.8) is 0 Å². The van der Waals surface area contributed by atoms with Gasteiger partial charge in [0.05, 0.1) is 5.02 Å². The van der Waals surface area contributed by atoms with Crippen LogP contribution in [-0.4, -0.2) is 47.8 Å². The van der Waals surface area contributed by atoms with E-state index >= 15 is 0 Å². The van der Waals surface area contributed by atoms with Crippen LogP contribution in [0, 0.1) is 5.82 Å². The highest BCUT2D eigenvalue weighted by molar-refractivity contribution is 6.30. The first kappa shape index (κ1) is 16.7. The van der Waals surface area contributed by atoms with Crippen LogP contribution in [0.5, 0.6) is 0 Å². The molecule has 0 aliphatic carbocycles.